The molecule has 0 aliphatic carbocycles. The molecule has 0 saturated carbocycles. The van der Waals surface area contributed by atoms with E-state index in [1.165, 1.54) is 16.0 Å². The molecule has 2 heterocycles. The lowest BCUT2D eigenvalue weighted by molar-refractivity contribution is 0.185. The van der Waals surface area contributed by atoms with Gasteiger partial charge in [0.15, 0.2) is 0 Å². The third kappa shape index (κ3) is 3.64. The van der Waals surface area contributed by atoms with Crippen LogP contribution in [0.5, 0.6) is 5.75 Å². The van der Waals surface area contributed by atoms with Gasteiger partial charge in [0.2, 0.25) is 0 Å². The van der Waals surface area contributed by atoms with Crippen LogP contribution >= 0.6 is 11.3 Å². The zero-order valence-electron chi connectivity index (χ0n) is 12.3. The van der Waals surface area contributed by atoms with E-state index in [2.05, 4.69) is 47.5 Å². The number of rotatable bonds is 6. The molecule has 3 nitrogen and oxygen atoms in total. The molecule has 21 heavy (non-hydrogen) atoms. The third-order valence-electron chi connectivity index (χ3n) is 3.74. The van der Waals surface area contributed by atoms with Gasteiger partial charge in [-0.2, -0.15) is 0 Å². The fourth-order valence-corrected chi connectivity index (χ4v) is 3.56. The van der Waals surface area contributed by atoms with E-state index in [0.29, 0.717) is 6.54 Å². The summed E-state index contributed by atoms with van der Waals surface area (Å²) in [6, 6.07) is 10.7. The topological polar surface area (TPSA) is 32.7 Å². The van der Waals surface area contributed by atoms with Gasteiger partial charge in [0, 0.05) is 30.9 Å². The highest BCUT2D eigenvalue weighted by atomic mass is 32.1. The summed E-state index contributed by atoms with van der Waals surface area (Å²) < 4.78 is 5.75. The minimum Gasteiger partial charge on any atom is -0.490 e. The lowest BCUT2D eigenvalue weighted by atomic mass is 10.1. The van der Waals surface area contributed by atoms with Gasteiger partial charge in [0.25, 0.3) is 0 Å². The second kappa shape index (κ2) is 6.60. The summed E-state index contributed by atoms with van der Waals surface area (Å²) in [6.07, 6.45) is 1.28. The van der Waals surface area contributed by atoms with E-state index in [-0.39, 0.29) is 12.7 Å². The maximum atomic E-state index is 9.27. The fourth-order valence-electron chi connectivity index (χ4n) is 2.81. The Balaban J connectivity index is 1.69. The first kappa shape index (κ1) is 14.6. The molecule has 0 radical (unpaired) electrons. The number of benzene rings is 1. The zero-order chi connectivity index (χ0) is 14.7. The van der Waals surface area contributed by atoms with Gasteiger partial charge in [-0.05, 0) is 35.6 Å². The first-order valence-electron chi connectivity index (χ1n) is 7.38. The summed E-state index contributed by atoms with van der Waals surface area (Å²) in [5.41, 5.74) is 2.59. The Morgan fingerprint density at radius 1 is 1.33 bits per heavy atom. The monoisotopic (exact) mass is 303 g/mol. The van der Waals surface area contributed by atoms with Gasteiger partial charge in [-0.1, -0.05) is 18.2 Å². The van der Waals surface area contributed by atoms with E-state index in [0.717, 1.165) is 25.3 Å². The number of ether oxygens (including phenoxy) is 1. The molecule has 0 amide bonds. The SMILES string of the molecule is C[C@H]1Cc2cc(CN(CCO)Cc3cccs3)ccc2O1. The fraction of sp³-hybridized carbons (Fsp3) is 0.412. The second-order valence-corrected chi connectivity index (χ2v) is 6.62. The Morgan fingerprint density at radius 3 is 3.00 bits per heavy atom. The number of thiophene rings is 1. The lowest BCUT2D eigenvalue weighted by Crippen LogP contribution is -2.25. The molecular formula is C17H21NO2S. The van der Waals surface area contributed by atoms with E-state index in [4.69, 9.17) is 4.74 Å². The maximum absolute atomic E-state index is 9.27. The van der Waals surface area contributed by atoms with Crippen LogP contribution in [0.4, 0.5) is 0 Å². The van der Waals surface area contributed by atoms with Crippen LogP contribution in [-0.4, -0.2) is 29.3 Å². The summed E-state index contributed by atoms with van der Waals surface area (Å²) in [7, 11) is 0. The lowest BCUT2D eigenvalue weighted by Gasteiger charge is -2.21. The molecule has 1 aliphatic rings. The Labute approximate surface area is 129 Å². The Bertz CT molecular complexity index is 582. The summed E-state index contributed by atoms with van der Waals surface area (Å²) in [5.74, 6) is 1.03. The molecule has 0 saturated heterocycles. The van der Waals surface area contributed by atoms with Crippen molar-refractivity contribution in [1.29, 1.82) is 0 Å². The van der Waals surface area contributed by atoms with Crippen LogP contribution < -0.4 is 4.74 Å². The van der Waals surface area contributed by atoms with Crippen molar-refractivity contribution in [2.24, 2.45) is 0 Å². The number of nitrogens with zero attached hydrogens (tertiary/aromatic N) is 1. The quantitative estimate of drug-likeness (QED) is 0.890. The van der Waals surface area contributed by atoms with Crippen LogP contribution in [0.1, 0.15) is 22.9 Å². The normalized spacial score (nSPS) is 17.0. The largest absolute Gasteiger partial charge is 0.490 e. The smallest absolute Gasteiger partial charge is 0.123 e. The van der Waals surface area contributed by atoms with Crippen molar-refractivity contribution < 1.29 is 9.84 Å². The molecule has 0 bridgehead atoms. The average Bonchev–Trinajstić information content (AvgIpc) is 3.07. The zero-order valence-corrected chi connectivity index (χ0v) is 13.1. The van der Waals surface area contributed by atoms with Gasteiger partial charge >= 0.3 is 0 Å². The van der Waals surface area contributed by atoms with Crippen molar-refractivity contribution in [1.82, 2.24) is 4.90 Å². The van der Waals surface area contributed by atoms with Crippen LogP contribution in [0.15, 0.2) is 35.7 Å². The molecular weight excluding hydrogens is 282 g/mol. The first-order chi connectivity index (χ1) is 10.2. The number of fused-ring (bicyclic) bond motifs is 1. The molecule has 1 atom stereocenters. The number of hydrogen-bond acceptors (Lipinski definition) is 4. The van der Waals surface area contributed by atoms with Crippen LogP contribution in [0.25, 0.3) is 0 Å². The molecule has 112 valence electrons. The highest BCUT2D eigenvalue weighted by Gasteiger charge is 2.19. The molecule has 1 aromatic heterocycles. The van der Waals surface area contributed by atoms with Crippen LogP contribution in [0, 0.1) is 0 Å². The molecule has 1 aliphatic heterocycles. The van der Waals surface area contributed by atoms with Gasteiger partial charge in [0.1, 0.15) is 11.9 Å². The van der Waals surface area contributed by atoms with Gasteiger partial charge < -0.3 is 9.84 Å². The van der Waals surface area contributed by atoms with Crippen molar-refractivity contribution >= 4 is 11.3 Å². The molecule has 1 N–H and O–H groups in total. The minimum absolute atomic E-state index is 0.191. The molecule has 3 rings (SSSR count). The summed E-state index contributed by atoms with van der Waals surface area (Å²) in [5, 5.41) is 11.4. The average molecular weight is 303 g/mol. The third-order valence-corrected chi connectivity index (χ3v) is 4.60. The predicted octanol–water partition coefficient (Wildman–Crippen LogP) is 3.07. The summed E-state index contributed by atoms with van der Waals surface area (Å²) >= 11 is 1.76. The Kier molecular flexibility index (Phi) is 4.58. The minimum atomic E-state index is 0.191. The molecule has 0 spiro atoms. The second-order valence-electron chi connectivity index (χ2n) is 5.59. The van der Waals surface area contributed by atoms with E-state index < -0.39 is 0 Å². The number of aliphatic hydroxyl groups is 1. The summed E-state index contributed by atoms with van der Waals surface area (Å²) in [4.78, 5) is 3.62. The molecule has 0 unspecified atom stereocenters. The van der Waals surface area contributed by atoms with E-state index in [1.54, 1.807) is 11.3 Å². The van der Waals surface area contributed by atoms with Crippen LogP contribution in [-0.2, 0) is 19.5 Å². The summed E-state index contributed by atoms with van der Waals surface area (Å²) in [6.45, 7) is 4.75. The molecule has 0 fully saturated rings. The first-order valence-corrected chi connectivity index (χ1v) is 8.26. The van der Waals surface area contributed by atoms with Crippen molar-refractivity contribution in [3.05, 3.63) is 51.7 Å². The van der Waals surface area contributed by atoms with Gasteiger partial charge in [-0.25, -0.2) is 0 Å². The van der Waals surface area contributed by atoms with Crippen LogP contribution in [0.2, 0.25) is 0 Å². The van der Waals surface area contributed by atoms with E-state index in [1.807, 2.05) is 0 Å². The van der Waals surface area contributed by atoms with Crippen molar-refractivity contribution in [3.8, 4) is 5.75 Å². The predicted molar refractivity (Wildman–Crippen MR) is 85.8 cm³/mol. The van der Waals surface area contributed by atoms with Crippen molar-refractivity contribution in [3.63, 3.8) is 0 Å². The Morgan fingerprint density at radius 2 is 2.24 bits per heavy atom. The van der Waals surface area contributed by atoms with E-state index in [9.17, 15) is 5.11 Å². The van der Waals surface area contributed by atoms with Gasteiger partial charge in [-0.3, -0.25) is 4.90 Å². The van der Waals surface area contributed by atoms with Crippen molar-refractivity contribution in [2.45, 2.75) is 32.5 Å². The van der Waals surface area contributed by atoms with Gasteiger partial charge in [0.05, 0.1) is 6.61 Å². The highest BCUT2D eigenvalue weighted by molar-refractivity contribution is 7.09. The maximum Gasteiger partial charge on any atom is 0.123 e. The standard InChI is InChI=1S/C17H21NO2S/c1-13-9-15-10-14(4-5-17(15)20-13)11-18(6-7-19)12-16-3-2-8-21-16/h2-5,8,10,13,19H,6-7,9,11-12H2,1H3/t13-/m0/s1. The number of hydrogen-bond donors (Lipinski definition) is 1. The van der Waals surface area contributed by atoms with E-state index >= 15 is 0 Å². The number of aliphatic hydroxyl groups excluding tert-OH is 1. The molecule has 4 heteroatoms. The molecule has 2 aromatic rings. The molecule has 1 aromatic carbocycles. The van der Waals surface area contributed by atoms with Gasteiger partial charge in [-0.15, -0.1) is 11.3 Å². The van der Waals surface area contributed by atoms with Crippen molar-refractivity contribution in [2.75, 3.05) is 13.2 Å². The van der Waals surface area contributed by atoms with Crippen LogP contribution in [0.3, 0.4) is 0 Å². The Hall–Kier alpha value is -1.36. The highest BCUT2D eigenvalue weighted by Crippen LogP contribution is 2.29.